The van der Waals surface area contributed by atoms with Crippen LogP contribution in [0.4, 0.5) is 0 Å². The van der Waals surface area contributed by atoms with E-state index in [4.69, 9.17) is 9.47 Å². The lowest BCUT2D eigenvalue weighted by atomic mass is 9.97. The number of hydrogen-bond donors (Lipinski definition) is 0. The Morgan fingerprint density at radius 2 is 2.00 bits per heavy atom. The molecule has 1 unspecified atom stereocenters. The van der Waals surface area contributed by atoms with Crippen molar-refractivity contribution in [2.45, 2.75) is 51.2 Å². The second kappa shape index (κ2) is 7.25. The molecule has 0 amide bonds. The number of ether oxygens (including phenoxy) is 2. The fourth-order valence-corrected chi connectivity index (χ4v) is 2.74. The summed E-state index contributed by atoms with van der Waals surface area (Å²) in [6, 6.07) is 7.44. The normalized spacial score (nSPS) is 17.4. The van der Waals surface area contributed by atoms with Gasteiger partial charge >= 0.3 is 5.97 Å². The van der Waals surface area contributed by atoms with Crippen LogP contribution in [0.2, 0.25) is 0 Å². The first-order valence-corrected chi connectivity index (χ1v) is 7.28. The summed E-state index contributed by atoms with van der Waals surface area (Å²) in [7, 11) is 0. The predicted molar refractivity (Wildman–Crippen MR) is 78.4 cm³/mol. The van der Waals surface area contributed by atoms with Crippen molar-refractivity contribution in [3.63, 3.8) is 0 Å². The molecule has 1 fully saturated rings. The molecule has 1 aromatic rings. The van der Waals surface area contributed by atoms with Gasteiger partial charge in [0.15, 0.2) is 0 Å². The van der Waals surface area contributed by atoms with E-state index in [-0.39, 0.29) is 12.1 Å². The zero-order valence-electron chi connectivity index (χ0n) is 12.0. The molecule has 0 N–H and O–H groups in total. The average Bonchev–Trinajstić information content (AvgIpc) is 2.48. The standard InChI is InChI=1S/C17H22O3/c1-3-19-17(18)16-12-8-7-11-15(16)13(2)20-14-9-5-4-6-10-14/h3,7-8,11-14H,1,4-6,9-10H2,2H3. The molecule has 3 heteroatoms. The van der Waals surface area contributed by atoms with Crippen LogP contribution in [0, 0.1) is 0 Å². The maximum absolute atomic E-state index is 11.9. The van der Waals surface area contributed by atoms with Gasteiger partial charge in [-0.25, -0.2) is 4.79 Å². The van der Waals surface area contributed by atoms with Crippen LogP contribution in [0.1, 0.15) is 61.1 Å². The van der Waals surface area contributed by atoms with E-state index < -0.39 is 0 Å². The van der Waals surface area contributed by atoms with E-state index in [2.05, 4.69) is 6.58 Å². The van der Waals surface area contributed by atoms with Crippen LogP contribution in [0.25, 0.3) is 0 Å². The van der Waals surface area contributed by atoms with Gasteiger partial charge in [-0.1, -0.05) is 44.0 Å². The Hall–Kier alpha value is -1.61. The van der Waals surface area contributed by atoms with Gasteiger partial charge < -0.3 is 9.47 Å². The molecule has 0 aromatic heterocycles. The van der Waals surface area contributed by atoms with E-state index in [9.17, 15) is 4.79 Å². The molecule has 0 spiro atoms. The van der Waals surface area contributed by atoms with E-state index >= 15 is 0 Å². The molecule has 1 aromatic carbocycles. The summed E-state index contributed by atoms with van der Waals surface area (Å²) >= 11 is 0. The first-order valence-electron chi connectivity index (χ1n) is 7.28. The number of carbonyl (C=O) groups is 1. The van der Waals surface area contributed by atoms with Gasteiger partial charge in [0.05, 0.1) is 24.0 Å². The van der Waals surface area contributed by atoms with Crippen molar-refractivity contribution in [2.75, 3.05) is 0 Å². The van der Waals surface area contributed by atoms with E-state index in [0.29, 0.717) is 11.7 Å². The molecule has 1 aliphatic rings. The number of benzene rings is 1. The van der Waals surface area contributed by atoms with Gasteiger partial charge in [-0.2, -0.15) is 0 Å². The highest BCUT2D eigenvalue weighted by Gasteiger charge is 2.21. The highest BCUT2D eigenvalue weighted by atomic mass is 16.5. The molecule has 0 saturated heterocycles. The Balaban J connectivity index is 2.10. The van der Waals surface area contributed by atoms with Crippen LogP contribution in [-0.2, 0) is 9.47 Å². The number of rotatable bonds is 5. The van der Waals surface area contributed by atoms with Crippen molar-refractivity contribution in [3.8, 4) is 0 Å². The second-order valence-electron chi connectivity index (χ2n) is 5.20. The van der Waals surface area contributed by atoms with Gasteiger partial charge in [-0.05, 0) is 31.4 Å². The number of esters is 1. The lowest BCUT2D eigenvalue weighted by Gasteiger charge is -2.26. The van der Waals surface area contributed by atoms with Gasteiger partial charge in [0.2, 0.25) is 0 Å². The van der Waals surface area contributed by atoms with Crippen LogP contribution in [-0.4, -0.2) is 12.1 Å². The highest BCUT2D eigenvalue weighted by Crippen LogP contribution is 2.28. The van der Waals surface area contributed by atoms with E-state index in [1.54, 1.807) is 6.07 Å². The van der Waals surface area contributed by atoms with E-state index in [1.807, 2.05) is 25.1 Å². The summed E-state index contributed by atoms with van der Waals surface area (Å²) in [6.45, 7) is 5.41. The minimum Gasteiger partial charge on any atom is -0.432 e. The smallest absolute Gasteiger partial charge is 0.343 e. The van der Waals surface area contributed by atoms with Crippen molar-refractivity contribution < 1.29 is 14.3 Å². The zero-order valence-corrected chi connectivity index (χ0v) is 12.0. The Morgan fingerprint density at radius 3 is 2.70 bits per heavy atom. The molecular weight excluding hydrogens is 252 g/mol. The quantitative estimate of drug-likeness (QED) is 0.590. The van der Waals surface area contributed by atoms with Crippen LogP contribution < -0.4 is 0 Å². The summed E-state index contributed by atoms with van der Waals surface area (Å²) in [5.74, 6) is -0.380. The van der Waals surface area contributed by atoms with Gasteiger partial charge in [-0.15, -0.1) is 0 Å². The molecule has 0 aliphatic heterocycles. The predicted octanol–water partition coefficient (Wildman–Crippen LogP) is 4.40. The average molecular weight is 274 g/mol. The van der Waals surface area contributed by atoms with Crippen molar-refractivity contribution >= 4 is 5.97 Å². The van der Waals surface area contributed by atoms with Gasteiger partial charge in [0.25, 0.3) is 0 Å². The number of hydrogen-bond acceptors (Lipinski definition) is 3. The first kappa shape index (κ1) is 14.8. The van der Waals surface area contributed by atoms with E-state index in [0.717, 1.165) is 24.7 Å². The summed E-state index contributed by atoms with van der Waals surface area (Å²) < 4.78 is 11.0. The Morgan fingerprint density at radius 1 is 1.30 bits per heavy atom. The lowest BCUT2D eigenvalue weighted by molar-refractivity contribution is -0.0227. The molecule has 20 heavy (non-hydrogen) atoms. The van der Waals surface area contributed by atoms with Crippen molar-refractivity contribution in [1.29, 1.82) is 0 Å². The molecule has 0 bridgehead atoms. The summed E-state index contributed by atoms with van der Waals surface area (Å²) in [5.41, 5.74) is 1.43. The monoisotopic (exact) mass is 274 g/mol. The molecule has 3 nitrogen and oxygen atoms in total. The van der Waals surface area contributed by atoms with Crippen LogP contribution >= 0.6 is 0 Å². The topological polar surface area (TPSA) is 35.5 Å². The summed E-state index contributed by atoms with van der Waals surface area (Å²) in [4.78, 5) is 11.9. The molecule has 1 aliphatic carbocycles. The SMILES string of the molecule is C=COC(=O)c1ccccc1C(C)OC1CCCCC1. The molecule has 0 radical (unpaired) electrons. The van der Waals surface area contributed by atoms with Crippen molar-refractivity contribution in [2.24, 2.45) is 0 Å². The maximum Gasteiger partial charge on any atom is 0.343 e. The fraction of sp³-hybridized carbons (Fsp3) is 0.471. The first-order chi connectivity index (χ1) is 9.72. The third-order valence-electron chi connectivity index (χ3n) is 3.76. The van der Waals surface area contributed by atoms with Gasteiger partial charge in [0.1, 0.15) is 0 Å². The Labute approximate surface area is 120 Å². The maximum atomic E-state index is 11.9. The van der Waals surface area contributed by atoms with Crippen molar-refractivity contribution in [3.05, 3.63) is 48.2 Å². The third kappa shape index (κ3) is 3.70. The molecule has 1 atom stereocenters. The van der Waals surface area contributed by atoms with Gasteiger partial charge in [0, 0.05) is 0 Å². The minimum absolute atomic E-state index is 0.105. The molecular formula is C17H22O3. The Kier molecular flexibility index (Phi) is 5.36. The van der Waals surface area contributed by atoms with Gasteiger partial charge in [-0.3, -0.25) is 0 Å². The van der Waals surface area contributed by atoms with E-state index in [1.165, 1.54) is 19.3 Å². The van der Waals surface area contributed by atoms with Crippen LogP contribution in [0.3, 0.4) is 0 Å². The summed E-state index contributed by atoms with van der Waals surface area (Å²) in [6.07, 6.45) is 7.36. The largest absolute Gasteiger partial charge is 0.432 e. The zero-order chi connectivity index (χ0) is 14.4. The molecule has 1 saturated carbocycles. The highest BCUT2D eigenvalue weighted by molar-refractivity contribution is 5.91. The fourth-order valence-electron chi connectivity index (χ4n) is 2.74. The molecule has 2 rings (SSSR count). The molecule has 108 valence electrons. The summed E-state index contributed by atoms with van der Waals surface area (Å²) in [5, 5.41) is 0. The van der Waals surface area contributed by atoms with Crippen LogP contribution in [0.15, 0.2) is 37.1 Å². The molecule has 0 heterocycles. The number of carbonyl (C=O) groups excluding carboxylic acids is 1. The lowest BCUT2D eigenvalue weighted by Crippen LogP contribution is -2.20. The third-order valence-corrected chi connectivity index (χ3v) is 3.76. The van der Waals surface area contributed by atoms with Crippen LogP contribution in [0.5, 0.6) is 0 Å². The Bertz CT molecular complexity index is 461. The minimum atomic E-state index is -0.380. The van der Waals surface area contributed by atoms with Crippen molar-refractivity contribution in [1.82, 2.24) is 0 Å². The second-order valence-corrected chi connectivity index (χ2v) is 5.20.